The monoisotopic (exact) mass is 343 g/mol. The van der Waals surface area contributed by atoms with Crippen molar-refractivity contribution in [2.45, 2.75) is 64.0 Å². The maximum Gasteiger partial charge on any atom is 0.230 e. The summed E-state index contributed by atoms with van der Waals surface area (Å²) in [6, 6.07) is 4.51. The van der Waals surface area contributed by atoms with Crippen LogP contribution in [0.4, 0.5) is 5.82 Å². The molecule has 1 spiro atoms. The van der Waals surface area contributed by atoms with Crippen LogP contribution in [0.2, 0.25) is 0 Å². The molecule has 4 rings (SSSR count). The molecule has 1 aromatic rings. The van der Waals surface area contributed by atoms with Gasteiger partial charge in [0.05, 0.1) is 11.5 Å². The highest BCUT2D eigenvalue weighted by molar-refractivity contribution is 5.86. The number of rotatable bonds is 2. The molecular formula is C20H29N3O2. The normalized spacial score (nSPS) is 33.3. The van der Waals surface area contributed by atoms with Crippen molar-refractivity contribution in [3.63, 3.8) is 0 Å². The van der Waals surface area contributed by atoms with Crippen LogP contribution in [0.5, 0.6) is 0 Å². The van der Waals surface area contributed by atoms with Gasteiger partial charge in [-0.2, -0.15) is 0 Å². The molecule has 0 unspecified atom stereocenters. The minimum Gasteiger partial charge on any atom is -0.393 e. The quantitative estimate of drug-likeness (QED) is 0.896. The second kappa shape index (κ2) is 6.60. The summed E-state index contributed by atoms with van der Waals surface area (Å²) in [4.78, 5) is 22.3. The molecule has 5 heteroatoms. The zero-order valence-electron chi connectivity index (χ0n) is 15.2. The van der Waals surface area contributed by atoms with Gasteiger partial charge in [0.15, 0.2) is 0 Å². The number of piperidine rings is 1. The number of nitrogens with zero attached hydrogens (tertiary/aromatic N) is 3. The van der Waals surface area contributed by atoms with Crippen LogP contribution in [0, 0.1) is 12.3 Å². The molecule has 25 heavy (non-hydrogen) atoms. The first-order chi connectivity index (χ1) is 12.1. The number of anilines is 1. The Morgan fingerprint density at radius 1 is 1.16 bits per heavy atom. The van der Waals surface area contributed by atoms with Gasteiger partial charge in [-0.3, -0.25) is 4.79 Å². The van der Waals surface area contributed by atoms with Crippen LogP contribution in [0.15, 0.2) is 18.3 Å². The predicted octanol–water partition coefficient (Wildman–Crippen LogP) is 2.51. The highest BCUT2D eigenvalue weighted by Crippen LogP contribution is 2.43. The second-order valence-electron chi connectivity index (χ2n) is 8.21. The lowest BCUT2D eigenvalue weighted by atomic mass is 9.78. The summed E-state index contributed by atoms with van der Waals surface area (Å²) in [5.41, 5.74) is 0.944. The molecule has 1 atom stereocenters. The van der Waals surface area contributed by atoms with Crippen LogP contribution in [0.25, 0.3) is 0 Å². The molecular weight excluding hydrogens is 314 g/mol. The maximum absolute atomic E-state index is 13.3. The summed E-state index contributed by atoms with van der Waals surface area (Å²) < 4.78 is 0. The van der Waals surface area contributed by atoms with E-state index in [4.69, 9.17) is 0 Å². The first-order valence-corrected chi connectivity index (χ1v) is 9.74. The first kappa shape index (κ1) is 16.8. The zero-order chi connectivity index (χ0) is 17.4. The predicted molar refractivity (Wildman–Crippen MR) is 97.4 cm³/mol. The van der Waals surface area contributed by atoms with E-state index in [2.05, 4.69) is 26.9 Å². The third-order valence-corrected chi connectivity index (χ3v) is 6.45. The Bertz CT molecular complexity index is 624. The van der Waals surface area contributed by atoms with Crippen molar-refractivity contribution in [3.05, 3.63) is 23.9 Å². The molecule has 0 aromatic carbocycles. The van der Waals surface area contributed by atoms with Crippen LogP contribution < -0.4 is 4.90 Å². The van der Waals surface area contributed by atoms with Gasteiger partial charge < -0.3 is 14.9 Å². The second-order valence-corrected chi connectivity index (χ2v) is 8.21. The van der Waals surface area contributed by atoms with Gasteiger partial charge in [-0.25, -0.2) is 4.98 Å². The molecule has 136 valence electrons. The summed E-state index contributed by atoms with van der Waals surface area (Å²) in [6.45, 7) is 4.72. The van der Waals surface area contributed by atoms with Crippen LogP contribution in [0.1, 0.15) is 50.5 Å². The van der Waals surface area contributed by atoms with Crippen molar-refractivity contribution in [1.82, 2.24) is 9.88 Å². The zero-order valence-corrected chi connectivity index (χ0v) is 15.2. The van der Waals surface area contributed by atoms with Gasteiger partial charge in [0.1, 0.15) is 5.82 Å². The summed E-state index contributed by atoms with van der Waals surface area (Å²) in [5.74, 6) is 1.35. The fraction of sp³-hybridized carbons (Fsp3) is 0.700. The number of aryl methyl sites for hydroxylation is 1. The van der Waals surface area contributed by atoms with E-state index in [0.717, 1.165) is 76.0 Å². The molecule has 3 heterocycles. The largest absolute Gasteiger partial charge is 0.393 e. The topological polar surface area (TPSA) is 56.7 Å². The molecule has 1 saturated carbocycles. The Labute approximate surface area is 150 Å². The molecule has 1 aromatic heterocycles. The number of hydrogen-bond acceptors (Lipinski definition) is 4. The third-order valence-electron chi connectivity index (χ3n) is 6.45. The molecule has 0 bridgehead atoms. The van der Waals surface area contributed by atoms with Gasteiger partial charge >= 0.3 is 0 Å². The van der Waals surface area contributed by atoms with Crippen molar-refractivity contribution in [2.24, 2.45) is 5.41 Å². The molecule has 1 amide bonds. The third kappa shape index (κ3) is 3.14. The number of aliphatic hydroxyl groups is 1. The van der Waals surface area contributed by atoms with Gasteiger partial charge in [0, 0.05) is 31.9 Å². The summed E-state index contributed by atoms with van der Waals surface area (Å²) in [7, 11) is 0. The fourth-order valence-corrected chi connectivity index (χ4v) is 4.92. The van der Waals surface area contributed by atoms with E-state index in [1.807, 2.05) is 13.1 Å². The minimum absolute atomic E-state index is 0.166. The van der Waals surface area contributed by atoms with Gasteiger partial charge in [-0.15, -0.1) is 0 Å². The van der Waals surface area contributed by atoms with E-state index >= 15 is 0 Å². The summed E-state index contributed by atoms with van der Waals surface area (Å²) in [5, 5.41) is 9.74. The Kier molecular flexibility index (Phi) is 4.44. The summed E-state index contributed by atoms with van der Waals surface area (Å²) in [6.07, 6.45) is 8.33. The average molecular weight is 343 g/mol. The van der Waals surface area contributed by atoms with Crippen LogP contribution in [-0.4, -0.2) is 52.7 Å². The lowest BCUT2D eigenvalue weighted by Gasteiger charge is -2.41. The van der Waals surface area contributed by atoms with Gasteiger partial charge in [-0.1, -0.05) is 6.07 Å². The summed E-state index contributed by atoms with van der Waals surface area (Å²) >= 11 is 0. The van der Waals surface area contributed by atoms with E-state index < -0.39 is 0 Å². The van der Waals surface area contributed by atoms with Gasteiger partial charge in [0.25, 0.3) is 0 Å². The van der Waals surface area contributed by atoms with Crippen molar-refractivity contribution >= 4 is 11.7 Å². The number of amides is 1. The number of carbonyl (C=O) groups excluding carboxylic acids is 1. The number of carbonyl (C=O) groups is 1. The number of aliphatic hydroxyl groups excluding tert-OH is 1. The van der Waals surface area contributed by atoms with E-state index in [1.165, 1.54) is 0 Å². The molecule has 5 nitrogen and oxygen atoms in total. The Morgan fingerprint density at radius 2 is 1.96 bits per heavy atom. The molecule has 1 N–H and O–H groups in total. The lowest BCUT2D eigenvalue weighted by molar-refractivity contribution is -0.139. The lowest BCUT2D eigenvalue weighted by Crippen LogP contribution is -2.50. The van der Waals surface area contributed by atoms with Crippen molar-refractivity contribution < 1.29 is 9.90 Å². The van der Waals surface area contributed by atoms with Crippen molar-refractivity contribution in [2.75, 3.05) is 24.5 Å². The van der Waals surface area contributed by atoms with E-state index in [1.54, 1.807) is 0 Å². The van der Waals surface area contributed by atoms with E-state index in [-0.39, 0.29) is 11.5 Å². The maximum atomic E-state index is 13.3. The molecule has 1 aliphatic carbocycles. The Morgan fingerprint density at radius 3 is 2.68 bits per heavy atom. The smallest absolute Gasteiger partial charge is 0.230 e. The highest BCUT2D eigenvalue weighted by atomic mass is 16.3. The van der Waals surface area contributed by atoms with Crippen LogP contribution >= 0.6 is 0 Å². The Hall–Kier alpha value is -1.62. The van der Waals surface area contributed by atoms with Crippen LogP contribution in [-0.2, 0) is 4.79 Å². The molecule has 2 aliphatic heterocycles. The number of likely N-dealkylation sites (tertiary alicyclic amines) is 1. The molecule has 3 fully saturated rings. The van der Waals surface area contributed by atoms with E-state index in [9.17, 15) is 9.90 Å². The Balaban J connectivity index is 1.48. The SMILES string of the molecule is Cc1ccc(N2CCC[C@]3(CCN([C@H]4CC[C@H](O)CC4)C3=O)C2)nc1. The van der Waals surface area contributed by atoms with Crippen molar-refractivity contribution in [1.29, 1.82) is 0 Å². The molecule has 0 radical (unpaired) electrons. The van der Waals surface area contributed by atoms with Crippen LogP contribution in [0.3, 0.4) is 0 Å². The number of aromatic nitrogens is 1. The standard InChI is InChI=1S/C20H29N3O2/c1-15-3-8-18(21-13-15)22-11-2-9-20(14-22)10-12-23(19(20)25)16-4-6-17(24)7-5-16/h3,8,13,16-17,24H,2,4-7,9-12,14H2,1H3/t16-,17-,20-/m0/s1. The average Bonchev–Trinajstić information content (AvgIpc) is 2.93. The number of pyridine rings is 1. The van der Waals surface area contributed by atoms with Crippen molar-refractivity contribution in [3.8, 4) is 0 Å². The first-order valence-electron chi connectivity index (χ1n) is 9.74. The highest BCUT2D eigenvalue weighted by Gasteiger charge is 2.50. The van der Waals surface area contributed by atoms with Gasteiger partial charge in [-0.05, 0) is 63.5 Å². The van der Waals surface area contributed by atoms with E-state index in [0.29, 0.717) is 11.9 Å². The minimum atomic E-state index is -0.221. The fourth-order valence-electron chi connectivity index (χ4n) is 4.92. The number of hydrogen-bond donors (Lipinski definition) is 1. The molecule has 3 aliphatic rings. The van der Waals surface area contributed by atoms with Gasteiger partial charge in [0.2, 0.25) is 5.91 Å². The molecule has 2 saturated heterocycles.